The molecule has 2 aromatic carbocycles. The van der Waals surface area contributed by atoms with Gasteiger partial charge in [-0.1, -0.05) is 28.1 Å². The van der Waals surface area contributed by atoms with Crippen LogP contribution in [-0.4, -0.2) is 25.0 Å². The molecule has 1 unspecified atom stereocenters. The zero-order valence-corrected chi connectivity index (χ0v) is 14.4. The molecule has 0 bridgehead atoms. The van der Waals surface area contributed by atoms with E-state index >= 15 is 0 Å². The molecule has 22 heavy (non-hydrogen) atoms. The van der Waals surface area contributed by atoms with Crippen LogP contribution in [0.1, 0.15) is 24.2 Å². The van der Waals surface area contributed by atoms with Crippen LogP contribution in [0.4, 0.5) is 11.4 Å². The van der Waals surface area contributed by atoms with Crippen molar-refractivity contribution in [1.82, 2.24) is 0 Å². The van der Waals surface area contributed by atoms with E-state index in [-0.39, 0.29) is 5.91 Å². The number of anilines is 2. The van der Waals surface area contributed by atoms with E-state index in [1.165, 1.54) is 0 Å². The molecule has 0 spiro atoms. The third-order valence-electron chi connectivity index (χ3n) is 4.14. The summed E-state index contributed by atoms with van der Waals surface area (Å²) in [6.45, 7) is 5.97. The molecule has 0 aromatic heterocycles. The van der Waals surface area contributed by atoms with Gasteiger partial charge in [0.05, 0.1) is 11.4 Å². The monoisotopic (exact) mass is 358 g/mol. The molecule has 0 saturated heterocycles. The average Bonchev–Trinajstić information content (AvgIpc) is 2.54. The summed E-state index contributed by atoms with van der Waals surface area (Å²) in [6.07, 6.45) is 0. The molecular formula is C18H19BrN2O. The standard InChI is InChI=1S/C18H19BrN2O/c1-3-20-13(2)12-21(17-7-5-4-6-16(17)20)18(22)14-8-10-15(19)11-9-14/h4-11,13H,3,12H2,1-2H3. The minimum Gasteiger partial charge on any atom is -0.366 e. The fourth-order valence-electron chi connectivity index (χ4n) is 3.06. The predicted octanol–water partition coefficient (Wildman–Crippen LogP) is 4.32. The van der Waals surface area contributed by atoms with Crippen LogP contribution in [-0.2, 0) is 0 Å². The molecule has 3 rings (SSSR count). The number of carbonyl (C=O) groups is 1. The van der Waals surface area contributed by atoms with Crippen LogP contribution in [0, 0.1) is 0 Å². The van der Waals surface area contributed by atoms with E-state index in [0.29, 0.717) is 12.6 Å². The van der Waals surface area contributed by atoms with Crippen molar-refractivity contribution >= 4 is 33.2 Å². The molecule has 1 heterocycles. The third-order valence-corrected chi connectivity index (χ3v) is 4.67. The van der Waals surface area contributed by atoms with Crippen molar-refractivity contribution in [1.29, 1.82) is 0 Å². The second kappa shape index (κ2) is 6.13. The quantitative estimate of drug-likeness (QED) is 0.797. The third kappa shape index (κ3) is 2.63. The largest absolute Gasteiger partial charge is 0.366 e. The smallest absolute Gasteiger partial charge is 0.258 e. The normalized spacial score (nSPS) is 17.3. The summed E-state index contributed by atoms with van der Waals surface area (Å²) >= 11 is 3.41. The number of rotatable bonds is 2. The van der Waals surface area contributed by atoms with E-state index in [0.717, 1.165) is 28.0 Å². The number of likely N-dealkylation sites (N-methyl/N-ethyl adjacent to an activating group) is 1. The Morgan fingerprint density at radius 2 is 1.77 bits per heavy atom. The maximum atomic E-state index is 12.9. The molecule has 0 fully saturated rings. The van der Waals surface area contributed by atoms with Gasteiger partial charge in [-0.2, -0.15) is 0 Å². The number of fused-ring (bicyclic) bond motifs is 1. The Morgan fingerprint density at radius 1 is 1.14 bits per heavy atom. The van der Waals surface area contributed by atoms with Crippen LogP contribution in [0.3, 0.4) is 0 Å². The minimum atomic E-state index is 0.0579. The molecular weight excluding hydrogens is 340 g/mol. The van der Waals surface area contributed by atoms with Crippen LogP contribution >= 0.6 is 15.9 Å². The van der Waals surface area contributed by atoms with Crippen LogP contribution < -0.4 is 9.80 Å². The molecule has 1 aliphatic rings. The zero-order chi connectivity index (χ0) is 15.7. The molecule has 0 N–H and O–H groups in total. The number of hydrogen-bond acceptors (Lipinski definition) is 2. The number of hydrogen-bond donors (Lipinski definition) is 0. The van der Waals surface area contributed by atoms with E-state index in [2.05, 4.69) is 40.7 Å². The van der Waals surface area contributed by atoms with E-state index < -0.39 is 0 Å². The van der Waals surface area contributed by atoms with Gasteiger partial charge in [0, 0.05) is 29.2 Å². The highest BCUT2D eigenvalue weighted by Gasteiger charge is 2.30. The summed E-state index contributed by atoms with van der Waals surface area (Å²) in [5.74, 6) is 0.0579. The zero-order valence-electron chi connectivity index (χ0n) is 12.8. The number of para-hydroxylation sites is 2. The van der Waals surface area contributed by atoms with Crippen molar-refractivity contribution in [3.05, 3.63) is 58.6 Å². The predicted molar refractivity (Wildman–Crippen MR) is 94.7 cm³/mol. The first-order chi connectivity index (χ1) is 10.6. The number of benzene rings is 2. The van der Waals surface area contributed by atoms with Gasteiger partial charge in [-0.15, -0.1) is 0 Å². The van der Waals surface area contributed by atoms with Crippen LogP contribution in [0.15, 0.2) is 53.0 Å². The molecule has 4 heteroatoms. The number of carbonyl (C=O) groups excluding carboxylic acids is 1. The Kier molecular flexibility index (Phi) is 4.21. The molecule has 114 valence electrons. The molecule has 1 amide bonds. The minimum absolute atomic E-state index is 0.0579. The highest BCUT2D eigenvalue weighted by atomic mass is 79.9. The lowest BCUT2D eigenvalue weighted by molar-refractivity contribution is 0.0984. The molecule has 0 saturated carbocycles. The summed E-state index contributed by atoms with van der Waals surface area (Å²) in [7, 11) is 0. The molecule has 1 aliphatic heterocycles. The van der Waals surface area contributed by atoms with Crippen molar-refractivity contribution in [2.75, 3.05) is 22.9 Å². The van der Waals surface area contributed by atoms with Gasteiger partial charge in [0.1, 0.15) is 0 Å². The van der Waals surface area contributed by atoms with E-state index in [9.17, 15) is 4.79 Å². The fourth-order valence-corrected chi connectivity index (χ4v) is 3.32. The Hall–Kier alpha value is -1.81. The van der Waals surface area contributed by atoms with Crippen molar-refractivity contribution < 1.29 is 4.79 Å². The SMILES string of the molecule is CCN1c2ccccc2N(C(=O)c2ccc(Br)cc2)CC1C. The second-order valence-corrected chi connectivity index (χ2v) is 6.46. The first-order valence-electron chi connectivity index (χ1n) is 7.55. The van der Waals surface area contributed by atoms with Gasteiger partial charge < -0.3 is 9.80 Å². The van der Waals surface area contributed by atoms with Gasteiger partial charge in [0.2, 0.25) is 0 Å². The summed E-state index contributed by atoms with van der Waals surface area (Å²) < 4.78 is 0.980. The van der Waals surface area contributed by atoms with Gasteiger partial charge in [-0.25, -0.2) is 0 Å². The number of nitrogens with zero attached hydrogens (tertiary/aromatic N) is 2. The summed E-state index contributed by atoms with van der Waals surface area (Å²) in [4.78, 5) is 17.2. The van der Waals surface area contributed by atoms with Crippen molar-refractivity contribution in [2.45, 2.75) is 19.9 Å². The first kappa shape index (κ1) is 15.1. The molecule has 1 atom stereocenters. The summed E-state index contributed by atoms with van der Waals surface area (Å²) in [6, 6.07) is 16.0. The van der Waals surface area contributed by atoms with Crippen LogP contribution in [0.2, 0.25) is 0 Å². The highest BCUT2D eigenvalue weighted by molar-refractivity contribution is 9.10. The number of halogens is 1. The van der Waals surface area contributed by atoms with E-state index in [1.807, 2.05) is 47.4 Å². The lowest BCUT2D eigenvalue weighted by Gasteiger charge is -2.42. The maximum absolute atomic E-state index is 12.9. The average molecular weight is 359 g/mol. The van der Waals surface area contributed by atoms with Gasteiger partial charge in [-0.05, 0) is 50.2 Å². The lowest BCUT2D eigenvalue weighted by Crippen LogP contribution is -2.49. The Morgan fingerprint density at radius 3 is 2.41 bits per heavy atom. The molecule has 0 aliphatic carbocycles. The van der Waals surface area contributed by atoms with Crippen molar-refractivity contribution in [2.24, 2.45) is 0 Å². The van der Waals surface area contributed by atoms with Gasteiger partial charge in [-0.3, -0.25) is 4.79 Å². The van der Waals surface area contributed by atoms with Crippen molar-refractivity contribution in [3.63, 3.8) is 0 Å². The highest BCUT2D eigenvalue weighted by Crippen LogP contribution is 2.35. The second-order valence-electron chi connectivity index (χ2n) is 5.55. The van der Waals surface area contributed by atoms with Crippen LogP contribution in [0.5, 0.6) is 0 Å². The maximum Gasteiger partial charge on any atom is 0.258 e. The van der Waals surface area contributed by atoms with Gasteiger partial charge >= 0.3 is 0 Å². The first-order valence-corrected chi connectivity index (χ1v) is 8.34. The molecule has 3 nitrogen and oxygen atoms in total. The number of amides is 1. The Balaban J connectivity index is 2.00. The lowest BCUT2D eigenvalue weighted by atomic mass is 10.1. The molecule has 0 radical (unpaired) electrons. The Labute approximate surface area is 139 Å². The van der Waals surface area contributed by atoms with Gasteiger partial charge in [0.25, 0.3) is 5.91 Å². The topological polar surface area (TPSA) is 23.6 Å². The van der Waals surface area contributed by atoms with E-state index in [4.69, 9.17) is 0 Å². The van der Waals surface area contributed by atoms with Gasteiger partial charge in [0.15, 0.2) is 0 Å². The van der Waals surface area contributed by atoms with E-state index in [1.54, 1.807) is 0 Å². The van der Waals surface area contributed by atoms with Crippen molar-refractivity contribution in [3.8, 4) is 0 Å². The van der Waals surface area contributed by atoms with Crippen LogP contribution in [0.25, 0.3) is 0 Å². The Bertz CT molecular complexity index is 684. The fraction of sp³-hybridized carbons (Fsp3) is 0.278. The molecule has 2 aromatic rings. The summed E-state index contributed by atoms with van der Waals surface area (Å²) in [5, 5.41) is 0. The summed E-state index contributed by atoms with van der Waals surface area (Å²) in [5.41, 5.74) is 2.85.